The highest BCUT2D eigenvalue weighted by molar-refractivity contribution is 7.89. The minimum atomic E-state index is -3.66. The molecule has 1 heterocycles. The molecule has 4 nitrogen and oxygen atoms in total. The summed E-state index contributed by atoms with van der Waals surface area (Å²) in [5.74, 6) is 0. The molecule has 3 rings (SSSR count). The van der Waals surface area contributed by atoms with Crippen LogP contribution in [0.4, 0.5) is 0 Å². The third-order valence-corrected chi connectivity index (χ3v) is 4.47. The highest BCUT2D eigenvalue weighted by atomic mass is 32.2. The van der Waals surface area contributed by atoms with E-state index in [0.29, 0.717) is 0 Å². The van der Waals surface area contributed by atoms with Crippen LogP contribution in [0.1, 0.15) is 5.56 Å². The molecule has 22 heavy (non-hydrogen) atoms. The first-order valence-electron chi connectivity index (χ1n) is 6.83. The number of hydrogen-bond acceptors (Lipinski definition) is 2. The fraction of sp³-hybridized carbons (Fsp3) is 0.0588. The maximum absolute atomic E-state index is 11.3. The zero-order valence-corrected chi connectivity index (χ0v) is 12.9. The van der Waals surface area contributed by atoms with Crippen molar-refractivity contribution in [1.29, 1.82) is 0 Å². The van der Waals surface area contributed by atoms with Crippen LogP contribution in [-0.4, -0.2) is 13.0 Å². The topological polar surface area (TPSA) is 65.1 Å². The van der Waals surface area contributed by atoms with Gasteiger partial charge in [0.2, 0.25) is 10.0 Å². The summed E-state index contributed by atoms with van der Waals surface area (Å²) < 4.78 is 24.7. The molecule has 0 atom stereocenters. The van der Waals surface area contributed by atoms with Crippen molar-refractivity contribution in [2.45, 2.75) is 11.8 Å². The lowest BCUT2D eigenvalue weighted by atomic mass is 10.1. The van der Waals surface area contributed by atoms with Crippen molar-refractivity contribution in [1.82, 2.24) is 4.57 Å². The van der Waals surface area contributed by atoms with Crippen molar-refractivity contribution in [3.8, 4) is 16.9 Å². The Morgan fingerprint density at radius 1 is 0.909 bits per heavy atom. The van der Waals surface area contributed by atoms with E-state index < -0.39 is 10.0 Å². The number of hydrogen-bond donors (Lipinski definition) is 1. The summed E-state index contributed by atoms with van der Waals surface area (Å²) in [6.07, 6.45) is 1.98. The molecule has 0 saturated heterocycles. The Morgan fingerprint density at radius 2 is 1.55 bits per heavy atom. The van der Waals surface area contributed by atoms with E-state index in [2.05, 4.69) is 28.8 Å². The van der Waals surface area contributed by atoms with Crippen LogP contribution in [0.5, 0.6) is 0 Å². The summed E-state index contributed by atoms with van der Waals surface area (Å²) in [7, 11) is -3.66. The lowest BCUT2D eigenvalue weighted by molar-refractivity contribution is 0.598. The van der Waals surface area contributed by atoms with Crippen molar-refractivity contribution < 1.29 is 8.42 Å². The van der Waals surface area contributed by atoms with E-state index in [1.165, 1.54) is 17.7 Å². The van der Waals surface area contributed by atoms with Crippen LogP contribution in [0.2, 0.25) is 0 Å². The van der Waals surface area contributed by atoms with Gasteiger partial charge in [-0.3, -0.25) is 0 Å². The van der Waals surface area contributed by atoms with Crippen molar-refractivity contribution >= 4 is 10.0 Å². The van der Waals surface area contributed by atoms with E-state index in [1.807, 2.05) is 25.3 Å². The molecular weight excluding hydrogens is 296 g/mol. The maximum Gasteiger partial charge on any atom is 0.238 e. The Morgan fingerprint density at radius 3 is 2.14 bits per heavy atom. The van der Waals surface area contributed by atoms with Crippen LogP contribution in [-0.2, 0) is 10.0 Å². The molecule has 0 aliphatic carbocycles. The molecule has 0 radical (unpaired) electrons. The number of nitrogens with zero attached hydrogens (tertiary/aromatic N) is 1. The van der Waals surface area contributed by atoms with Gasteiger partial charge in [0.25, 0.3) is 0 Å². The molecule has 2 N–H and O–H groups in total. The van der Waals surface area contributed by atoms with Crippen LogP contribution >= 0.6 is 0 Å². The zero-order chi connectivity index (χ0) is 15.7. The average molecular weight is 312 g/mol. The van der Waals surface area contributed by atoms with Crippen LogP contribution in [0, 0.1) is 6.92 Å². The first kappa shape index (κ1) is 14.6. The van der Waals surface area contributed by atoms with Gasteiger partial charge >= 0.3 is 0 Å². The predicted octanol–water partition coefficient (Wildman–Crippen LogP) is 3.10. The van der Waals surface area contributed by atoms with Gasteiger partial charge in [0.15, 0.2) is 0 Å². The fourth-order valence-electron chi connectivity index (χ4n) is 2.36. The molecule has 5 heteroatoms. The van der Waals surface area contributed by atoms with E-state index in [1.54, 1.807) is 12.1 Å². The molecule has 0 bridgehead atoms. The van der Waals surface area contributed by atoms with Gasteiger partial charge in [0.05, 0.1) is 10.6 Å². The van der Waals surface area contributed by atoms with Gasteiger partial charge in [-0.05, 0) is 48.9 Å². The Kier molecular flexibility index (Phi) is 3.60. The van der Waals surface area contributed by atoms with Gasteiger partial charge in [0.1, 0.15) is 0 Å². The number of aromatic nitrogens is 1. The van der Waals surface area contributed by atoms with E-state index in [9.17, 15) is 8.42 Å². The number of benzene rings is 2. The first-order valence-corrected chi connectivity index (χ1v) is 8.37. The van der Waals surface area contributed by atoms with Crippen molar-refractivity contribution in [2.75, 3.05) is 0 Å². The minimum absolute atomic E-state index is 0.115. The van der Waals surface area contributed by atoms with Crippen LogP contribution in [0.25, 0.3) is 16.9 Å². The summed E-state index contributed by atoms with van der Waals surface area (Å²) in [6.45, 7) is 2.05. The molecule has 3 aromatic rings. The van der Waals surface area contributed by atoms with Gasteiger partial charge in [0, 0.05) is 11.9 Å². The molecule has 0 aliphatic heterocycles. The molecule has 0 unspecified atom stereocenters. The molecule has 2 aromatic carbocycles. The van der Waals surface area contributed by atoms with Crippen LogP contribution < -0.4 is 5.14 Å². The fourth-order valence-corrected chi connectivity index (χ4v) is 2.88. The Labute approximate surface area is 129 Å². The van der Waals surface area contributed by atoms with Gasteiger partial charge in [-0.15, -0.1) is 0 Å². The lowest BCUT2D eigenvalue weighted by Gasteiger charge is -2.10. The van der Waals surface area contributed by atoms with E-state index in [0.717, 1.165) is 16.9 Å². The summed E-state index contributed by atoms with van der Waals surface area (Å²) in [5, 5.41) is 5.13. The normalized spacial score (nSPS) is 11.5. The third kappa shape index (κ3) is 2.81. The number of rotatable bonds is 3. The Hall–Kier alpha value is -2.37. The van der Waals surface area contributed by atoms with E-state index in [-0.39, 0.29) is 4.90 Å². The summed E-state index contributed by atoms with van der Waals surface area (Å²) in [4.78, 5) is 0.115. The molecule has 112 valence electrons. The molecule has 0 saturated carbocycles. The second-order valence-electron chi connectivity index (χ2n) is 5.17. The van der Waals surface area contributed by atoms with Crippen molar-refractivity contribution in [3.05, 3.63) is 72.4 Å². The third-order valence-electron chi connectivity index (χ3n) is 3.54. The lowest BCUT2D eigenvalue weighted by Crippen LogP contribution is -2.11. The van der Waals surface area contributed by atoms with E-state index in [4.69, 9.17) is 5.14 Å². The zero-order valence-electron chi connectivity index (χ0n) is 12.1. The van der Waals surface area contributed by atoms with Crippen LogP contribution in [0.3, 0.4) is 0 Å². The second-order valence-corrected chi connectivity index (χ2v) is 6.73. The highest BCUT2D eigenvalue weighted by Crippen LogP contribution is 2.25. The molecule has 0 spiro atoms. The average Bonchev–Trinajstić information content (AvgIpc) is 2.97. The van der Waals surface area contributed by atoms with Gasteiger partial charge in [-0.1, -0.05) is 29.8 Å². The minimum Gasteiger partial charge on any atom is -0.317 e. The second kappa shape index (κ2) is 5.44. The quantitative estimate of drug-likeness (QED) is 0.807. The van der Waals surface area contributed by atoms with Crippen LogP contribution in [0.15, 0.2) is 71.8 Å². The Balaban J connectivity index is 2.03. The smallest absolute Gasteiger partial charge is 0.238 e. The molecular formula is C17H16N2O2S. The van der Waals surface area contributed by atoms with E-state index >= 15 is 0 Å². The van der Waals surface area contributed by atoms with Gasteiger partial charge < -0.3 is 4.57 Å². The number of primary sulfonamides is 1. The van der Waals surface area contributed by atoms with Crippen molar-refractivity contribution in [2.24, 2.45) is 5.14 Å². The highest BCUT2D eigenvalue weighted by Gasteiger charge is 2.10. The number of sulfonamides is 1. The van der Waals surface area contributed by atoms with Crippen molar-refractivity contribution in [3.63, 3.8) is 0 Å². The molecule has 1 aromatic heterocycles. The summed E-state index contributed by atoms with van der Waals surface area (Å²) in [6, 6.07) is 18.8. The standard InChI is InChI=1S/C17H16N2O2S/c1-13-4-8-15(9-5-13)19-12-2-3-17(19)14-6-10-16(11-7-14)22(18,20)21/h2-12H,1H3,(H2,18,20,21). The molecule has 0 amide bonds. The summed E-state index contributed by atoms with van der Waals surface area (Å²) in [5.41, 5.74) is 4.18. The first-order chi connectivity index (χ1) is 10.4. The number of aryl methyl sites for hydroxylation is 1. The van der Waals surface area contributed by atoms with Gasteiger partial charge in [-0.2, -0.15) is 0 Å². The SMILES string of the molecule is Cc1ccc(-n2cccc2-c2ccc(S(N)(=O)=O)cc2)cc1. The molecule has 0 fully saturated rings. The maximum atomic E-state index is 11.3. The monoisotopic (exact) mass is 312 g/mol. The largest absolute Gasteiger partial charge is 0.317 e. The molecule has 0 aliphatic rings. The Bertz CT molecular complexity index is 893. The predicted molar refractivity (Wildman–Crippen MR) is 87.3 cm³/mol. The number of nitrogens with two attached hydrogens (primary N) is 1. The summed E-state index contributed by atoms with van der Waals surface area (Å²) >= 11 is 0. The van der Waals surface area contributed by atoms with Gasteiger partial charge in [-0.25, -0.2) is 13.6 Å².